The molecule has 1 unspecified atom stereocenters. The minimum atomic E-state index is -0.714. The Balaban J connectivity index is 4.21. The molecule has 0 saturated carbocycles. The van der Waals surface area contributed by atoms with Gasteiger partial charge in [0.1, 0.15) is 0 Å². The molecule has 0 heterocycles. The van der Waals surface area contributed by atoms with Crippen molar-refractivity contribution in [3.63, 3.8) is 0 Å². The molecule has 0 aliphatic rings. The van der Waals surface area contributed by atoms with E-state index in [1.807, 2.05) is 20.8 Å². The number of carboxylic acid groups (broad SMARTS) is 1. The number of aliphatic carboxylic acids is 1. The lowest BCUT2D eigenvalue weighted by atomic mass is 9.69. The highest BCUT2D eigenvalue weighted by Gasteiger charge is 2.35. The summed E-state index contributed by atoms with van der Waals surface area (Å²) in [6.07, 6.45) is 3.87. The van der Waals surface area contributed by atoms with Gasteiger partial charge < -0.3 is 10.4 Å². The number of nitrogens with one attached hydrogen (secondary N) is 1. The normalized spacial score (nSPS) is 13.9. The second-order valence-corrected chi connectivity index (χ2v) is 8.40. The van der Waals surface area contributed by atoms with Crippen LogP contribution in [-0.2, 0) is 9.59 Å². The molecule has 0 fully saturated rings. The molecule has 0 saturated heterocycles. The SMILES string of the molecule is CCC(CCCCNC(=O)C(C)(C)CC(C)(C)C(C)C)C(=O)O. The Labute approximate surface area is 142 Å². The molecule has 2 N–H and O–H groups in total. The maximum atomic E-state index is 12.4. The molecule has 0 aromatic carbocycles. The lowest BCUT2D eigenvalue weighted by molar-refractivity contribution is -0.142. The van der Waals surface area contributed by atoms with Gasteiger partial charge in [-0.2, -0.15) is 0 Å². The van der Waals surface area contributed by atoms with Crippen LogP contribution in [0.2, 0.25) is 0 Å². The van der Waals surface area contributed by atoms with Crippen molar-refractivity contribution in [1.29, 1.82) is 0 Å². The smallest absolute Gasteiger partial charge is 0.306 e. The first-order chi connectivity index (χ1) is 10.4. The van der Waals surface area contributed by atoms with Gasteiger partial charge in [-0.1, -0.05) is 54.9 Å². The van der Waals surface area contributed by atoms with Gasteiger partial charge in [-0.25, -0.2) is 0 Å². The molecule has 0 bridgehead atoms. The molecule has 0 aromatic heterocycles. The van der Waals surface area contributed by atoms with Crippen LogP contribution in [0, 0.1) is 22.7 Å². The van der Waals surface area contributed by atoms with Crippen molar-refractivity contribution in [1.82, 2.24) is 5.32 Å². The summed E-state index contributed by atoms with van der Waals surface area (Å²) in [6.45, 7) is 15.3. The number of amides is 1. The molecular weight excluding hydrogens is 290 g/mol. The number of carbonyl (C=O) groups is 2. The van der Waals surface area contributed by atoms with Crippen molar-refractivity contribution >= 4 is 11.9 Å². The van der Waals surface area contributed by atoms with Crippen molar-refractivity contribution in [2.45, 2.75) is 80.6 Å². The fraction of sp³-hybridized carbons (Fsp3) is 0.895. The molecule has 4 nitrogen and oxygen atoms in total. The molecule has 4 heteroatoms. The van der Waals surface area contributed by atoms with Crippen molar-refractivity contribution in [2.24, 2.45) is 22.7 Å². The summed E-state index contributed by atoms with van der Waals surface area (Å²) >= 11 is 0. The van der Waals surface area contributed by atoms with Crippen LogP contribution in [0.3, 0.4) is 0 Å². The van der Waals surface area contributed by atoms with E-state index < -0.39 is 5.97 Å². The molecule has 0 aromatic rings. The molecule has 0 aliphatic heterocycles. The molecule has 0 radical (unpaired) electrons. The van der Waals surface area contributed by atoms with E-state index in [0.29, 0.717) is 25.3 Å². The lowest BCUT2D eigenvalue weighted by Gasteiger charge is -2.37. The maximum absolute atomic E-state index is 12.4. The first kappa shape index (κ1) is 21.9. The number of carboxylic acids is 1. The minimum absolute atomic E-state index is 0.0940. The monoisotopic (exact) mass is 327 g/mol. The standard InChI is InChI=1S/C19H37NO3/c1-8-15(16(21)22)11-9-10-12-20-17(23)19(6,7)13-18(4,5)14(2)3/h14-15H,8-13H2,1-7H3,(H,20,23)(H,21,22). The highest BCUT2D eigenvalue weighted by Crippen LogP contribution is 2.39. The molecule has 0 spiro atoms. The highest BCUT2D eigenvalue weighted by atomic mass is 16.4. The largest absolute Gasteiger partial charge is 0.481 e. The van der Waals surface area contributed by atoms with E-state index in [1.165, 1.54) is 0 Å². The van der Waals surface area contributed by atoms with Crippen LogP contribution in [0.4, 0.5) is 0 Å². The first-order valence-electron chi connectivity index (χ1n) is 8.95. The summed E-state index contributed by atoms with van der Waals surface area (Å²) in [5, 5.41) is 12.0. The van der Waals surface area contributed by atoms with Gasteiger partial charge in [-0.05, 0) is 37.0 Å². The summed E-state index contributed by atoms with van der Waals surface area (Å²) in [5.41, 5.74) is -0.266. The fourth-order valence-electron chi connectivity index (χ4n) is 2.88. The van der Waals surface area contributed by atoms with Gasteiger partial charge in [0.05, 0.1) is 5.92 Å². The van der Waals surface area contributed by atoms with Gasteiger partial charge in [0.15, 0.2) is 0 Å². The van der Waals surface area contributed by atoms with Crippen LogP contribution in [0.5, 0.6) is 0 Å². The molecule has 0 aliphatic carbocycles. The Morgan fingerprint density at radius 1 is 1.09 bits per heavy atom. The third-order valence-corrected chi connectivity index (χ3v) is 5.18. The van der Waals surface area contributed by atoms with E-state index in [9.17, 15) is 9.59 Å². The number of hydrogen-bond acceptors (Lipinski definition) is 2. The third-order valence-electron chi connectivity index (χ3n) is 5.18. The van der Waals surface area contributed by atoms with Crippen LogP contribution < -0.4 is 5.32 Å². The van der Waals surface area contributed by atoms with Crippen LogP contribution in [0.1, 0.15) is 80.6 Å². The van der Waals surface area contributed by atoms with Gasteiger partial charge >= 0.3 is 5.97 Å². The van der Waals surface area contributed by atoms with E-state index in [-0.39, 0.29) is 22.7 Å². The second-order valence-electron chi connectivity index (χ2n) is 8.40. The third kappa shape index (κ3) is 7.85. The Bertz CT molecular complexity index is 386. The van der Waals surface area contributed by atoms with Gasteiger partial charge in [-0.3, -0.25) is 9.59 Å². The molecule has 1 atom stereocenters. The summed E-state index contributed by atoms with van der Waals surface area (Å²) in [6, 6.07) is 0. The van der Waals surface area contributed by atoms with E-state index >= 15 is 0 Å². The number of unbranched alkanes of at least 4 members (excludes halogenated alkanes) is 1. The van der Waals surface area contributed by atoms with Gasteiger partial charge in [0.25, 0.3) is 0 Å². The van der Waals surface area contributed by atoms with Crippen LogP contribution in [-0.4, -0.2) is 23.5 Å². The highest BCUT2D eigenvalue weighted by molar-refractivity contribution is 5.81. The summed E-state index contributed by atoms with van der Waals surface area (Å²) < 4.78 is 0. The predicted octanol–water partition coefficient (Wildman–Crippen LogP) is 4.48. The summed E-state index contributed by atoms with van der Waals surface area (Å²) in [5.74, 6) is -0.351. The zero-order chi connectivity index (χ0) is 18.3. The number of rotatable bonds is 11. The van der Waals surface area contributed by atoms with Gasteiger partial charge in [0, 0.05) is 12.0 Å². The van der Waals surface area contributed by atoms with Crippen molar-refractivity contribution in [2.75, 3.05) is 6.54 Å². The van der Waals surface area contributed by atoms with Gasteiger partial charge in [-0.15, -0.1) is 0 Å². The topological polar surface area (TPSA) is 66.4 Å². The van der Waals surface area contributed by atoms with Crippen LogP contribution in [0.25, 0.3) is 0 Å². The predicted molar refractivity (Wildman–Crippen MR) is 95.3 cm³/mol. The lowest BCUT2D eigenvalue weighted by Crippen LogP contribution is -2.41. The molecule has 136 valence electrons. The first-order valence-corrected chi connectivity index (χ1v) is 8.95. The van der Waals surface area contributed by atoms with Crippen molar-refractivity contribution in [3.05, 3.63) is 0 Å². The Kier molecular flexibility index (Phi) is 8.86. The average Bonchev–Trinajstić information content (AvgIpc) is 2.40. The van der Waals surface area contributed by atoms with E-state index in [0.717, 1.165) is 19.3 Å². The number of carbonyl (C=O) groups excluding carboxylic acids is 1. The van der Waals surface area contributed by atoms with Crippen molar-refractivity contribution < 1.29 is 14.7 Å². The Morgan fingerprint density at radius 2 is 1.65 bits per heavy atom. The minimum Gasteiger partial charge on any atom is -0.481 e. The van der Waals surface area contributed by atoms with E-state index in [2.05, 4.69) is 33.0 Å². The average molecular weight is 328 g/mol. The Hall–Kier alpha value is -1.06. The Morgan fingerprint density at radius 3 is 2.09 bits per heavy atom. The molecular formula is C19H37NO3. The zero-order valence-corrected chi connectivity index (χ0v) is 16.2. The zero-order valence-electron chi connectivity index (χ0n) is 16.2. The van der Waals surface area contributed by atoms with E-state index in [4.69, 9.17) is 5.11 Å². The quantitative estimate of drug-likeness (QED) is 0.550. The fourth-order valence-corrected chi connectivity index (χ4v) is 2.88. The summed E-state index contributed by atoms with van der Waals surface area (Å²) in [7, 11) is 0. The van der Waals surface area contributed by atoms with Crippen LogP contribution >= 0.6 is 0 Å². The molecule has 23 heavy (non-hydrogen) atoms. The molecule has 0 rings (SSSR count). The molecule has 1 amide bonds. The second kappa shape index (κ2) is 9.29. The van der Waals surface area contributed by atoms with Crippen molar-refractivity contribution in [3.8, 4) is 0 Å². The summed E-state index contributed by atoms with van der Waals surface area (Å²) in [4.78, 5) is 23.4. The van der Waals surface area contributed by atoms with Crippen LogP contribution in [0.15, 0.2) is 0 Å². The maximum Gasteiger partial charge on any atom is 0.306 e. The van der Waals surface area contributed by atoms with Gasteiger partial charge in [0.2, 0.25) is 5.91 Å². The number of hydrogen-bond donors (Lipinski definition) is 2. The van der Waals surface area contributed by atoms with E-state index in [1.54, 1.807) is 0 Å².